The second-order valence-corrected chi connectivity index (χ2v) is 14.3. The molecular formula is C35H35BrClN3O4S. The number of carbonyl (C=O) groups is 2. The zero-order valence-corrected chi connectivity index (χ0v) is 27.8. The number of rotatable bonds is 12. The molecule has 10 heteroatoms. The Morgan fingerprint density at radius 1 is 0.822 bits per heavy atom. The minimum atomic E-state index is -4.21. The highest BCUT2D eigenvalue weighted by Gasteiger charge is 2.36. The molecule has 1 unspecified atom stereocenters. The quantitative estimate of drug-likeness (QED) is 0.172. The van der Waals surface area contributed by atoms with Crippen LogP contribution in [0.3, 0.4) is 0 Å². The Morgan fingerprint density at radius 2 is 1.42 bits per heavy atom. The van der Waals surface area contributed by atoms with Crippen LogP contribution in [-0.2, 0) is 32.6 Å². The third kappa shape index (κ3) is 8.34. The summed E-state index contributed by atoms with van der Waals surface area (Å²) < 4.78 is 30.1. The van der Waals surface area contributed by atoms with Crippen molar-refractivity contribution in [3.8, 4) is 0 Å². The lowest BCUT2D eigenvalue weighted by molar-refractivity contribution is -0.140. The minimum Gasteiger partial charge on any atom is -0.352 e. The molecule has 4 aromatic carbocycles. The van der Waals surface area contributed by atoms with Gasteiger partial charge in [0, 0.05) is 23.5 Å². The SMILES string of the molecule is O=C(NC1CCCC1)C(Cc1ccccc1)N(Cc1ccc(Br)cc1)C(=O)CN(c1ccccc1Cl)S(=O)(=O)c1ccccc1. The number of para-hydroxylation sites is 1. The predicted molar refractivity (Wildman–Crippen MR) is 181 cm³/mol. The molecule has 0 spiro atoms. The third-order valence-electron chi connectivity index (χ3n) is 7.97. The van der Waals surface area contributed by atoms with Crippen LogP contribution in [0.5, 0.6) is 0 Å². The zero-order valence-electron chi connectivity index (χ0n) is 24.7. The van der Waals surface area contributed by atoms with Crippen molar-refractivity contribution in [2.24, 2.45) is 0 Å². The van der Waals surface area contributed by atoms with E-state index in [1.807, 2.05) is 54.6 Å². The molecule has 0 aliphatic heterocycles. The molecule has 5 rings (SSSR count). The summed E-state index contributed by atoms with van der Waals surface area (Å²) in [5, 5.41) is 3.37. The highest BCUT2D eigenvalue weighted by atomic mass is 79.9. The van der Waals surface area contributed by atoms with Crippen molar-refractivity contribution in [1.29, 1.82) is 0 Å². The van der Waals surface area contributed by atoms with E-state index in [4.69, 9.17) is 11.6 Å². The maximum atomic E-state index is 14.5. The summed E-state index contributed by atoms with van der Waals surface area (Å²) in [6, 6.07) is 30.7. The molecule has 1 N–H and O–H groups in total. The molecule has 4 aromatic rings. The maximum absolute atomic E-state index is 14.5. The van der Waals surface area contributed by atoms with Gasteiger partial charge < -0.3 is 10.2 Å². The molecule has 234 valence electrons. The van der Waals surface area contributed by atoms with Gasteiger partial charge in [0.1, 0.15) is 12.6 Å². The van der Waals surface area contributed by atoms with Crippen molar-refractivity contribution in [3.05, 3.63) is 130 Å². The first-order valence-electron chi connectivity index (χ1n) is 14.9. The molecule has 45 heavy (non-hydrogen) atoms. The Morgan fingerprint density at radius 3 is 2.07 bits per heavy atom. The van der Waals surface area contributed by atoms with Crippen molar-refractivity contribution in [2.75, 3.05) is 10.8 Å². The van der Waals surface area contributed by atoms with Crippen molar-refractivity contribution in [3.63, 3.8) is 0 Å². The summed E-state index contributed by atoms with van der Waals surface area (Å²) in [5.41, 5.74) is 1.86. The van der Waals surface area contributed by atoms with Gasteiger partial charge in [-0.3, -0.25) is 13.9 Å². The smallest absolute Gasteiger partial charge is 0.264 e. The number of benzene rings is 4. The fraction of sp³-hybridized carbons (Fsp3) is 0.257. The van der Waals surface area contributed by atoms with Crippen molar-refractivity contribution in [2.45, 2.75) is 55.6 Å². The van der Waals surface area contributed by atoms with E-state index < -0.39 is 28.5 Å². The average Bonchev–Trinajstić information content (AvgIpc) is 3.56. The predicted octanol–water partition coefficient (Wildman–Crippen LogP) is 7.00. The number of hydrogen-bond acceptors (Lipinski definition) is 4. The van der Waals surface area contributed by atoms with Crippen LogP contribution in [0.15, 0.2) is 119 Å². The van der Waals surface area contributed by atoms with Crippen LogP contribution in [0.4, 0.5) is 5.69 Å². The Labute approximate surface area is 278 Å². The van der Waals surface area contributed by atoms with Crippen LogP contribution in [0, 0.1) is 0 Å². The largest absolute Gasteiger partial charge is 0.352 e. The first-order valence-corrected chi connectivity index (χ1v) is 17.5. The first kappa shape index (κ1) is 32.7. The molecule has 0 saturated heterocycles. The number of amides is 2. The Balaban J connectivity index is 1.56. The van der Waals surface area contributed by atoms with Crippen LogP contribution in [0.1, 0.15) is 36.8 Å². The molecule has 1 atom stereocenters. The topological polar surface area (TPSA) is 86.8 Å². The molecule has 0 heterocycles. The molecule has 1 fully saturated rings. The van der Waals surface area contributed by atoms with Gasteiger partial charge in [-0.15, -0.1) is 0 Å². The van der Waals surface area contributed by atoms with Crippen molar-refractivity contribution >= 4 is 55.1 Å². The average molecular weight is 709 g/mol. The van der Waals surface area contributed by atoms with Gasteiger partial charge in [0.15, 0.2) is 0 Å². The lowest BCUT2D eigenvalue weighted by atomic mass is 10.0. The molecule has 0 aromatic heterocycles. The number of anilines is 1. The summed E-state index contributed by atoms with van der Waals surface area (Å²) in [4.78, 5) is 30.1. The van der Waals surface area contributed by atoms with Gasteiger partial charge >= 0.3 is 0 Å². The Kier molecular flexibility index (Phi) is 11.0. The summed E-state index contributed by atoms with van der Waals surface area (Å²) in [5.74, 6) is -0.786. The lowest BCUT2D eigenvalue weighted by Gasteiger charge is -2.34. The second-order valence-electron chi connectivity index (χ2n) is 11.1. The van der Waals surface area contributed by atoms with Crippen LogP contribution < -0.4 is 9.62 Å². The molecule has 0 radical (unpaired) electrons. The van der Waals surface area contributed by atoms with Crippen molar-refractivity contribution < 1.29 is 18.0 Å². The Bertz CT molecular complexity index is 1700. The standard InChI is InChI=1S/C35H35BrClN3O4S/c36-28-21-19-27(20-22-28)24-39(33(23-26-11-3-1-4-12-26)35(42)38-29-13-7-8-14-29)34(41)25-40(32-18-10-9-17-31(32)37)45(43,44)30-15-5-2-6-16-30/h1-6,9-12,15-22,29,33H,7-8,13-14,23-25H2,(H,38,42). The van der Waals surface area contributed by atoms with Gasteiger partial charge in [0.2, 0.25) is 11.8 Å². The molecule has 2 amide bonds. The molecular weight excluding hydrogens is 674 g/mol. The summed E-state index contributed by atoms with van der Waals surface area (Å²) >= 11 is 10.0. The van der Waals surface area contributed by atoms with Gasteiger partial charge in [0.05, 0.1) is 15.6 Å². The highest BCUT2D eigenvalue weighted by molar-refractivity contribution is 9.10. The van der Waals surface area contributed by atoms with Gasteiger partial charge in [-0.25, -0.2) is 8.42 Å². The lowest BCUT2D eigenvalue weighted by Crippen LogP contribution is -2.54. The van der Waals surface area contributed by atoms with E-state index in [1.54, 1.807) is 42.5 Å². The normalized spacial score (nSPS) is 14.1. The summed E-state index contributed by atoms with van der Waals surface area (Å²) in [6.07, 6.45) is 4.12. The molecule has 1 aliphatic carbocycles. The van der Waals surface area contributed by atoms with E-state index >= 15 is 0 Å². The summed E-state index contributed by atoms with van der Waals surface area (Å²) in [6.45, 7) is -0.455. The number of carbonyl (C=O) groups excluding carboxylic acids is 2. The first-order chi connectivity index (χ1) is 21.7. The highest BCUT2D eigenvalue weighted by Crippen LogP contribution is 2.31. The van der Waals surface area contributed by atoms with E-state index in [0.29, 0.717) is 0 Å². The summed E-state index contributed by atoms with van der Waals surface area (Å²) in [7, 11) is -4.21. The third-order valence-corrected chi connectivity index (χ3v) is 10.6. The monoisotopic (exact) mass is 707 g/mol. The molecule has 1 saturated carbocycles. The molecule has 0 bridgehead atoms. The van der Waals surface area contributed by atoms with Crippen LogP contribution in [0.25, 0.3) is 0 Å². The Hall–Kier alpha value is -3.66. The van der Waals surface area contributed by atoms with Gasteiger partial charge in [-0.1, -0.05) is 113 Å². The molecule has 7 nitrogen and oxygen atoms in total. The van der Waals surface area contributed by atoms with E-state index in [0.717, 1.165) is 45.6 Å². The van der Waals surface area contributed by atoms with E-state index in [-0.39, 0.29) is 40.5 Å². The fourth-order valence-corrected chi connectivity index (χ4v) is 7.60. The number of sulfonamides is 1. The van der Waals surface area contributed by atoms with Gasteiger partial charge in [-0.05, 0) is 60.4 Å². The van der Waals surface area contributed by atoms with Gasteiger partial charge in [-0.2, -0.15) is 0 Å². The van der Waals surface area contributed by atoms with Gasteiger partial charge in [0.25, 0.3) is 10.0 Å². The number of hydrogen-bond donors (Lipinski definition) is 1. The second kappa shape index (κ2) is 15.1. The number of nitrogens with zero attached hydrogens (tertiary/aromatic N) is 2. The number of nitrogens with one attached hydrogen (secondary N) is 1. The van der Waals surface area contributed by atoms with Crippen molar-refractivity contribution in [1.82, 2.24) is 10.2 Å². The minimum absolute atomic E-state index is 0.0250. The fourth-order valence-electron chi connectivity index (χ4n) is 5.60. The zero-order chi connectivity index (χ0) is 31.8. The molecule has 1 aliphatic rings. The maximum Gasteiger partial charge on any atom is 0.264 e. The van der Waals surface area contributed by atoms with Crippen LogP contribution >= 0.6 is 27.5 Å². The van der Waals surface area contributed by atoms with Crippen LogP contribution in [-0.4, -0.2) is 43.8 Å². The van der Waals surface area contributed by atoms with Crippen LogP contribution in [0.2, 0.25) is 5.02 Å². The van der Waals surface area contributed by atoms with E-state index in [1.165, 1.54) is 17.0 Å². The number of halogens is 2. The van der Waals surface area contributed by atoms with E-state index in [9.17, 15) is 18.0 Å². The van der Waals surface area contributed by atoms with E-state index in [2.05, 4.69) is 21.2 Å².